The van der Waals surface area contributed by atoms with Crippen LogP contribution in [0.5, 0.6) is 0 Å². The third-order valence-electron chi connectivity index (χ3n) is 3.28. The third kappa shape index (κ3) is 4.40. The molecule has 4 nitrogen and oxygen atoms in total. The Balaban J connectivity index is 2.82. The Morgan fingerprint density at radius 1 is 1.47 bits per heavy atom. The molecule has 0 aliphatic carbocycles. The molecule has 1 aromatic heterocycles. The van der Waals surface area contributed by atoms with E-state index in [1.165, 1.54) is 11.3 Å². The molecule has 0 atom stereocenters. The van der Waals surface area contributed by atoms with Crippen LogP contribution >= 0.6 is 23.6 Å². The Bertz CT molecular complexity index is 463. The molecule has 0 unspecified atom stereocenters. The van der Waals surface area contributed by atoms with Gasteiger partial charge in [0.1, 0.15) is 0 Å². The SMILES string of the molecule is CCC(CC)N(CCO)C(=O)Cc1sc(=S)[nH]c1C. The second kappa shape index (κ2) is 7.77. The van der Waals surface area contributed by atoms with Crippen molar-refractivity contribution in [3.8, 4) is 0 Å². The molecule has 19 heavy (non-hydrogen) atoms. The van der Waals surface area contributed by atoms with Crippen LogP contribution in [0.1, 0.15) is 37.3 Å². The molecular formula is C13H22N2O2S2. The predicted molar refractivity (Wildman–Crippen MR) is 81.1 cm³/mol. The van der Waals surface area contributed by atoms with Crippen molar-refractivity contribution in [2.24, 2.45) is 0 Å². The van der Waals surface area contributed by atoms with Crippen LogP contribution in [0.3, 0.4) is 0 Å². The zero-order valence-corrected chi connectivity index (χ0v) is 13.4. The lowest BCUT2D eigenvalue weighted by Gasteiger charge is -2.30. The lowest BCUT2D eigenvalue weighted by atomic mass is 10.1. The van der Waals surface area contributed by atoms with Gasteiger partial charge in [-0.2, -0.15) is 0 Å². The lowest BCUT2D eigenvalue weighted by Crippen LogP contribution is -2.42. The average molecular weight is 302 g/mol. The first-order valence-electron chi connectivity index (χ1n) is 6.62. The van der Waals surface area contributed by atoms with Gasteiger partial charge in [0, 0.05) is 23.2 Å². The number of amides is 1. The highest BCUT2D eigenvalue weighted by molar-refractivity contribution is 7.73. The van der Waals surface area contributed by atoms with Crippen LogP contribution < -0.4 is 0 Å². The van der Waals surface area contributed by atoms with E-state index in [0.717, 1.165) is 23.4 Å². The summed E-state index contributed by atoms with van der Waals surface area (Å²) in [5.41, 5.74) is 0.969. The van der Waals surface area contributed by atoms with Crippen LogP contribution in [0.15, 0.2) is 0 Å². The number of H-pyrrole nitrogens is 1. The topological polar surface area (TPSA) is 56.3 Å². The normalized spacial score (nSPS) is 11.0. The number of carbonyl (C=O) groups excluding carboxylic acids is 1. The number of aryl methyl sites for hydroxylation is 1. The van der Waals surface area contributed by atoms with E-state index < -0.39 is 0 Å². The molecule has 2 N–H and O–H groups in total. The smallest absolute Gasteiger partial charge is 0.228 e. The fraction of sp³-hybridized carbons (Fsp3) is 0.692. The molecule has 0 aliphatic rings. The van der Waals surface area contributed by atoms with Crippen molar-refractivity contribution < 1.29 is 9.90 Å². The van der Waals surface area contributed by atoms with Crippen molar-refractivity contribution in [1.82, 2.24) is 9.88 Å². The number of nitrogens with zero attached hydrogens (tertiary/aromatic N) is 1. The first kappa shape index (κ1) is 16.3. The number of rotatable bonds is 7. The minimum Gasteiger partial charge on any atom is -0.395 e. The molecule has 0 spiro atoms. The van der Waals surface area contributed by atoms with Gasteiger partial charge in [0.05, 0.1) is 13.0 Å². The van der Waals surface area contributed by atoms with Crippen LogP contribution in [-0.4, -0.2) is 40.1 Å². The van der Waals surface area contributed by atoms with E-state index >= 15 is 0 Å². The van der Waals surface area contributed by atoms with E-state index in [9.17, 15) is 4.79 Å². The van der Waals surface area contributed by atoms with E-state index in [2.05, 4.69) is 18.8 Å². The molecular weight excluding hydrogens is 280 g/mol. The van der Waals surface area contributed by atoms with Crippen molar-refractivity contribution >= 4 is 29.5 Å². The quantitative estimate of drug-likeness (QED) is 0.761. The maximum atomic E-state index is 12.4. The van der Waals surface area contributed by atoms with Crippen molar-refractivity contribution in [2.75, 3.05) is 13.2 Å². The number of carbonyl (C=O) groups is 1. The summed E-state index contributed by atoms with van der Waals surface area (Å²) in [5, 5.41) is 9.14. The van der Waals surface area contributed by atoms with Crippen LogP contribution in [0.25, 0.3) is 0 Å². The molecule has 0 radical (unpaired) electrons. The summed E-state index contributed by atoms with van der Waals surface area (Å²) in [6.45, 7) is 6.47. The molecule has 0 saturated heterocycles. The molecule has 0 aromatic carbocycles. The predicted octanol–water partition coefficient (Wildman–Crippen LogP) is 2.67. The minimum absolute atomic E-state index is 0.00404. The summed E-state index contributed by atoms with van der Waals surface area (Å²) in [7, 11) is 0. The highest BCUT2D eigenvalue weighted by atomic mass is 32.1. The van der Waals surface area contributed by atoms with Crippen molar-refractivity contribution in [3.63, 3.8) is 0 Å². The van der Waals surface area contributed by atoms with Crippen LogP contribution in [0, 0.1) is 10.9 Å². The maximum Gasteiger partial charge on any atom is 0.228 e. The van der Waals surface area contributed by atoms with E-state index in [1.54, 1.807) is 4.90 Å². The Labute approximate surface area is 123 Å². The van der Waals surface area contributed by atoms with Gasteiger partial charge in [-0.05, 0) is 32.0 Å². The van der Waals surface area contributed by atoms with E-state index in [-0.39, 0.29) is 18.6 Å². The minimum atomic E-state index is 0.00404. The molecule has 0 saturated carbocycles. The number of hydrogen-bond donors (Lipinski definition) is 2. The molecule has 1 heterocycles. The van der Waals surface area contributed by atoms with Crippen molar-refractivity contribution in [1.29, 1.82) is 0 Å². The number of aliphatic hydroxyl groups is 1. The van der Waals surface area contributed by atoms with Crippen molar-refractivity contribution in [3.05, 3.63) is 14.5 Å². The highest BCUT2D eigenvalue weighted by Gasteiger charge is 2.21. The molecule has 1 rings (SSSR count). The van der Waals surface area contributed by atoms with Crippen LogP contribution in [0.4, 0.5) is 0 Å². The summed E-state index contributed by atoms with van der Waals surface area (Å²) >= 11 is 6.54. The molecule has 108 valence electrons. The van der Waals surface area contributed by atoms with Gasteiger partial charge in [-0.3, -0.25) is 4.79 Å². The Morgan fingerprint density at radius 3 is 2.53 bits per heavy atom. The van der Waals surface area contributed by atoms with Crippen molar-refractivity contribution in [2.45, 2.75) is 46.1 Å². The van der Waals surface area contributed by atoms with E-state index in [1.807, 2.05) is 6.92 Å². The number of aromatic nitrogens is 1. The number of aromatic amines is 1. The highest BCUT2D eigenvalue weighted by Crippen LogP contribution is 2.18. The fourth-order valence-corrected chi connectivity index (χ4v) is 3.47. The van der Waals surface area contributed by atoms with Gasteiger partial charge in [-0.15, -0.1) is 11.3 Å². The number of nitrogens with one attached hydrogen (secondary N) is 1. The molecule has 6 heteroatoms. The number of hydrogen-bond acceptors (Lipinski definition) is 4. The molecule has 1 aromatic rings. The number of aliphatic hydroxyl groups excluding tert-OH is 1. The number of thiazole rings is 1. The monoisotopic (exact) mass is 302 g/mol. The average Bonchev–Trinajstić information content (AvgIpc) is 2.68. The zero-order valence-electron chi connectivity index (χ0n) is 11.7. The Hall–Kier alpha value is -0.720. The summed E-state index contributed by atoms with van der Waals surface area (Å²) in [6, 6.07) is 0.201. The first-order chi connectivity index (χ1) is 9.03. The molecule has 0 aliphatic heterocycles. The lowest BCUT2D eigenvalue weighted by molar-refractivity contribution is -0.133. The van der Waals surface area contributed by atoms with E-state index in [0.29, 0.717) is 16.9 Å². The van der Waals surface area contributed by atoms with Gasteiger partial charge in [0.2, 0.25) is 5.91 Å². The van der Waals surface area contributed by atoms with Gasteiger partial charge in [-0.25, -0.2) is 0 Å². The maximum absolute atomic E-state index is 12.4. The summed E-state index contributed by atoms with van der Waals surface area (Å²) in [4.78, 5) is 18.2. The van der Waals surface area contributed by atoms with Crippen LogP contribution in [0.2, 0.25) is 0 Å². The summed E-state index contributed by atoms with van der Waals surface area (Å²) in [5.74, 6) is 0.0658. The van der Waals surface area contributed by atoms with E-state index in [4.69, 9.17) is 17.3 Å². The van der Waals surface area contributed by atoms with Gasteiger partial charge in [0.15, 0.2) is 3.95 Å². The van der Waals surface area contributed by atoms with Gasteiger partial charge in [-0.1, -0.05) is 13.8 Å². The van der Waals surface area contributed by atoms with Gasteiger partial charge >= 0.3 is 0 Å². The van der Waals surface area contributed by atoms with Gasteiger partial charge < -0.3 is 15.0 Å². The second-order valence-electron chi connectivity index (χ2n) is 4.52. The summed E-state index contributed by atoms with van der Waals surface area (Å²) in [6.07, 6.45) is 2.17. The van der Waals surface area contributed by atoms with Gasteiger partial charge in [0.25, 0.3) is 0 Å². The molecule has 0 fully saturated rings. The largest absolute Gasteiger partial charge is 0.395 e. The third-order valence-corrected chi connectivity index (χ3v) is 4.62. The van der Waals surface area contributed by atoms with Crippen LogP contribution in [-0.2, 0) is 11.2 Å². The fourth-order valence-electron chi connectivity index (χ4n) is 2.19. The first-order valence-corrected chi connectivity index (χ1v) is 7.84. The zero-order chi connectivity index (χ0) is 14.4. The second-order valence-corrected chi connectivity index (χ2v) is 6.29. The molecule has 1 amide bonds. The summed E-state index contributed by atoms with van der Waals surface area (Å²) < 4.78 is 0.705. The Kier molecular flexibility index (Phi) is 6.68. The molecule has 0 bridgehead atoms. The Morgan fingerprint density at radius 2 is 2.11 bits per heavy atom. The standard InChI is InChI=1S/C13H22N2O2S2/c1-4-10(5-2)15(6-7-16)12(17)8-11-9(3)14-13(18)19-11/h10,16H,4-8H2,1-3H3,(H,14,18).